The van der Waals surface area contributed by atoms with Crippen molar-refractivity contribution in [1.82, 2.24) is 9.88 Å². The molecule has 0 radical (unpaired) electrons. The zero-order chi connectivity index (χ0) is 15.9. The first-order valence-corrected chi connectivity index (χ1v) is 9.52. The van der Waals surface area contributed by atoms with E-state index < -0.39 is 10.0 Å². The van der Waals surface area contributed by atoms with Gasteiger partial charge < -0.3 is 4.90 Å². The molecule has 1 aromatic carbocycles. The summed E-state index contributed by atoms with van der Waals surface area (Å²) in [6, 6.07) is 5.48. The third-order valence-corrected chi connectivity index (χ3v) is 5.65. The Bertz CT molecular complexity index is 829. The number of carbonyl (C=O) groups excluding carboxylic acids is 1. The fourth-order valence-electron chi connectivity index (χ4n) is 2.84. The number of carbonyl (C=O) groups is 1. The van der Waals surface area contributed by atoms with Crippen LogP contribution in [0.3, 0.4) is 0 Å². The van der Waals surface area contributed by atoms with Gasteiger partial charge in [0.2, 0.25) is 10.0 Å². The normalized spacial score (nSPS) is 19.0. The number of hydrogen-bond donors (Lipinski definition) is 1. The Morgan fingerprint density at radius 1 is 1.50 bits per heavy atom. The number of benzene rings is 1. The Labute approximate surface area is 133 Å². The Morgan fingerprint density at radius 3 is 3.00 bits per heavy atom. The second-order valence-electron chi connectivity index (χ2n) is 5.65. The lowest BCUT2D eigenvalue weighted by Crippen LogP contribution is -2.30. The molecular formula is C14H17N3O3S2. The van der Waals surface area contributed by atoms with E-state index in [1.807, 2.05) is 19.1 Å². The zero-order valence-corrected chi connectivity index (χ0v) is 13.8. The van der Waals surface area contributed by atoms with Crippen LogP contribution in [0.4, 0.5) is 0 Å². The van der Waals surface area contributed by atoms with Crippen LogP contribution in [-0.4, -0.2) is 43.1 Å². The molecule has 2 N–H and O–H groups in total. The lowest BCUT2D eigenvalue weighted by molar-refractivity contribution is 0.0788. The SMILES string of the molecule is Cc1nc2ccc(C(=O)N3CCC(CS(N)(=O)=O)C3)cc2s1. The highest BCUT2D eigenvalue weighted by atomic mass is 32.2. The summed E-state index contributed by atoms with van der Waals surface area (Å²) in [7, 11) is -3.49. The number of hydrogen-bond acceptors (Lipinski definition) is 5. The van der Waals surface area contributed by atoms with E-state index in [1.165, 1.54) is 0 Å². The Morgan fingerprint density at radius 2 is 2.27 bits per heavy atom. The van der Waals surface area contributed by atoms with Gasteiger partial charge in [0.15, 0.2) is 0 Å². The smallest absolute Gasteiger partial charge is 0.253 e. The molecule has 22 heavy (non-hydrogen) atoms. The molecule has 2 aromatic rings. The van der Waals surface area contributed by atoms with Gasteiger partial charge in [-0.25, -0.2) is 18.5 Å². The van der Waals surface area contributed by atoms with E-state index in [2.05, 4.69) is 4.98 Å². The monoisotopic (exact) mass is 339 g/mol. The molecule has 0 aliphatic carbocycles. The van der Waals surface area contributed by atoms with Gasteiger partial charge in [-0.15, -0.1) is 11.3 Å². The molecule has 1 unspecified atom stereocenters. The molecule has 8 heteroatoms. The van der Waals surface area contributed by atoms with Crippen molar-refractivity contribution in [3.05, 3.63) is 28.8 Å². The van der Waals surface area contributed by atoms with Crippen molar-refractivity contribution in [3.8, 4) is 0 Å². The van der Waals surface area contributed by atoms with Gasteiger partial charge in [-0.2, -0.15) is 0 Å². The highest BCUT2D eigenvalue weighted by Gasteiger charge is 2.29. The third kappa shape index (κ3) is 3.29. The van der Waals surface area contributed by atoms with Crippen molar-refractivity contribution in [2.75, 3.05) is 18.8 Å². The maximum atomic E-state index is 12.5. The van der Waals surface area contributed by atoms with Gasteiger partial charge >= 0.3 is 0 Å². The van der Waals surface area contributed by atoms with Crippen LogP contribution < -0.4 is 5.14 Å². The van der Waals surface area contributed by atoms with E-state index in [-0.39, 0.29) is 17.6 Å². The van der Waals surface area contributed by atoms with Gasteiger partial charge in [-0.05, 0) is 37.5 Å². The van der Waals surface area contributed by atoms with Crippen molar-refractivity contribution in [2.45, 2.75) is 13.3 Å². The van der Waals surface area contributed by atoms with Crippen molar-refractivity contribution >= 4 is 37.5 Å². The standard InChI is InChI=1S/C14H17N3O3S2/c1-9-16-12-3-2-11(6-13(12)21-9)14(18)17-5-4-10(7-17)8-22(15,19)20/h2-3,6,10H,4-5,7-8H2,1H3,(H2,15,19,20). The number of primary sulfonamides is 1. The molecule has 1 saturated heterocycles. The number of amides is 1. The molecule has 1 aromatic heterocycles. The first-order chi connectivity index (χ1) is 10.3. The molecule has 3 rings (SSSR count). The minimum absolute atomic E-state index is 0.0649. The molecule has 0 spiro atoms. The highest BCUT2D eigenvalue weighted by molar-refractivity contribution is 7.89. The van der Waals surface area contributed by atoms with E-state index in [0.29, 0.717) is 25.1 Å². The minimum Gasteiger partial charge on any atom is -0.338 e. The van der Waals surface area contributed by atoms with Gasteiger partial charge in [0.05, 0.1) is 21.0 Å². The number of likely N-dealkylation sites (tertiary alicyclic amines) is 1. The Balaban J connectivity index is 1.75. The van der Waals surface area contributed by atoms with Gasteiger partial charge in [-0.1, -0.05) is 0 Å². The molecule has 1 atom stereocenters. The average Bonchev–Trinajstić information content (AvgIpc) is 3.00. The lowest BCUT2D eigenvalue weighted by Gasteiger charge is -2.16. The van der Waals surface area contributed by atoms with Crippen LogP contribution in [0.1, 0.15) is 21.8 Å². The number of aryl methyl sites for hydroxylation is 1. The van der Waals surface area contributed by atoms with E-state index in [1.54, 1.807) is 22.3 Å². The number of nitrogens with zero attached hydrogens (tertiary/aromatic N) is 2. The first-order valence-electron chi connectivity index (χ1n) is 6.99. The van der Waals surface area contributed by atoms with E-state index in [4.69, 9.17) is 5.14 Å². The van der Waals surface area contributed by atoms with Gasteiger partial charge in [0, 0.05) is 18.7 Å². The van der Waals surface area contributed by atoms with Gasteiger partial charge in [-0.3, -0.25) is 4.79 Å². The van der Waals surface area contributed by atoms with Crippen LogP contribution in [0.5, 0.6) is 0 Å². The number of thiazole rings is 1. The fraction of sp³-hybridized carbons (Fsp3) is 0.429. The van der Waals surface area contributed by atoms with Crippen LogP contribution in [0.2, 0.25) is 0 Å². The molecule has 1 aliphatic rings. The third-order valence-electron chi connectivity index (χ3n) is 3.78. The van der Waals surface area contributed by atoms with E-state index >= 15 is 0 Å². The average molecular weight is 339 g/mol. The summed E-state index contributed by atoms with van der Waals surface area (Å²) in [5.41, 5.74) is 1.51. The van der Waals surface area contributed by atoms with Crippen LogP contribution in [-0.2, 0) is 10.0 Å². The number of nitrogens with two attached hydrogens (primary N) is 1. The van der Waals surface area contributed by atoms with Crippen LogP contribution in [0.15, 0.2) is 18.2 Å². The lowest BCUT2D eigenvalue weighted by atomic mass is 10.1. The molecule has 118 valence electrons. The maximum absolute atomic E-state index is 12.5. The van der Waals surface area contributed by atoms with Crippen molar-refractivity contribution in [1.29, 1.82) is 0 Å². The molecule has 0 bridgehead atoms. The summed E-state index contributed by atoms with van der Waals surface area (Å²) in [6.07, 6.45) is 0.671. The van der Waals surface area contributed by atoms with Crippen molar-refractivity contribution in [3.63, 3.8) is 0 Å². The summed E-state index contributed by atoms with van der Waals surface area (Å²) in [6.45, 7) is 2.94. The zero-order valence-electron chi connectivity index (χ0n) is 12.2. The molecule has 1 amide bonds. The van der Waals surface area contributed by atoms with Gasteiger partial charge in [0.1, 0.15) is 0 Å². The topological polar surface area (TPSA) is 93.4 Å². The van der Waals surface area contributed by atoms with Crippen molar-refractivity contribution in [2.24, 2.45) is 11.1 Å². The molecule has 2 heterocycles. The first kappa shape index (κ1) is 15.4. The molecule has 1 fully saturated rings. The fourth-order valence-corrected chi connectivity index (χ4v) is 4.63. The van der Waals surface area contributed by atoms with Crippen molar-refractivity contribution < 1.29 is 13.2 Å². The Hall–Kier alpha value is -1.51. The molecular weight excluding hydrogens is 322 g/mol. The quantitative estimate of drug-likeness (QED) is 0.913. The predicted molar refractivity (Wildman–Crippen MR) is 86.3 cm³/mol. The summed E-state index contributed by atoms with van der Waals surface area (Å²) >= 11 is 1.56. The van der Waals surface area contributed by atoms with Crippen LogP contribution in [0.25, 0.3) is 10.2 Å². The van der Waals surface area contributed by atoms with E-state index in [9.17, 15) is 13.2 Å². The number of fused-ring (bicyclic) bond motifs is 1. The number of rotatable bonds is 3. The van der Waals surface area contributed by atoms with Crippen LogP contribution >= 0.6 is 11.3 Å². The number of sulfonamides is 1. The summed E-state index contributed by atoms with van der Waals surface area (Å²) in [4.78, 5) is 18.6. The van der Waals surface area contributed by atoms with Crippen LogP contribution in [0, 0.1) is 12.8 Å². The summed E-state index contributed by atoms with van der Waals surface area (Å²) < 4.78 is 23.3. The van der Waals surface area contributed by atoms with E-state index in [0.717, 1.165) is 15.2 Å². The molecule has 6 nitrogen and oxygen atoms in total. The predicted octanol–water partition coefficient (Wildman–Crippen LogP) is 1.36. The highest BCUT2D eigenvalue weighted by Crippen LogP contribution is 2.25. The maximum Gasteiger partial charge on any atom is 0.253 e. The molecule has 1 aliphatic heterocycles. The second kappa shape index (κ2) is 5.60. The summed E-state index contributed by atoms with van der Waals surface area (Å²) in [5, 5.41) is 6.04. The second-order valence-corrected chi connectivity index (χ2v) is 8.54. The summed E-state index contributed by atoms with van der Waals surface area (Å²) in [5.74, 6) is -0.206. The van der Waals surface area contributed by atoms with Gasteiger partial charge in [0.25, 0.3) is 5.91 Å². The minimum atomic E-state index is -3.49. The molecule has 0 saturated carbocycles. The Kier molecular flexibility index (Phi) is 3.92. The largest absolute Gasteiger partial charge is 0.338 e. The number of aromatic nitrogens is 1.